The number of hydrogen-bond donors (Lipinski definition) is 2. The summed E-state index contributed by atoms with van der Waals surface area (Å²) in [5.74, 6) is -1.76. The highest BCUT2D eigenvalue weighted by atomic mass is 35.5. The fraction of sp³-hybridized carbons (Fsp3) is 0.467. The van der Waals surface area contributed by atoms with E-state index in [2.05, 4.69) is 5.32 Å². The average molecular weight is 298 g/mol. The first kappa shape index (κ1) is 16.5. The van der Waals surface area contributed by atoms with Crippen LogP contribution in [0.25, 0.3) is 0 Å². The normalized spacial score (nSPS) is 13.6. The van der Waals surface area contributed by atoms with E-state index in [1.165, 1.54) is 0 Å². The summed E-state index contributed by atoms with van der Waals surface area (Å²) in [5, 5.41) is 12.4. The number of anilines is 1. The smallest absolute Gasteiger partial charge is 0.306 e. The van der Waals surface area contributed by atoms with Gasteiger partial charge in [-0.1, -0.05) is 44.0 Å². The molecule has 110 valence electrons. The van der Waals surface area contributed by atoms with Crippen LogP contribution in [0.4, 0.5) is 5.69 Å². The molecule has 1 aromatic rings. The zero-order valence-electron chi connectivity index (χ0n) is 11.7. The Bertz CT molecular complexity index is 476. The van der Waals surface area contributed by atoms with E-state index in [0.29, 0.717) is 17.1 Å². The summed E-state index contributed by atoms with van der Waals surface area (Å²) in [7, 11) is 0. The van der Waals surface area contributed by atoms with Crippen LogP contribution < -0.4 is 5.32 Å². The molecule has 0 aliphatic rings. The Morgan fingerprint density at radius 3 is 2.55 bits per heavy atom. The number of rotatable bonds is 7. The number of amides is 1. The SMILES string of the molecule is CCC[C@H](C(=O)O)[C@@H](C)CC(=O)Nc1ccccc1Cl. The molecule has 0 saturated carbocycles. The van der Waals surface area contributed by atoms with Crippen LogP contribution in [0.5, 0.6) is 0 Å². The van der Waals surface area contributed by atoms with E-state index in [1.807, 2.05) is 6.92 Å². The molecular weight excluding hydrogens is 278 g/mol. The summed E-state index contributed by atoms with van der Waals surface area (Å²) in [6.45, 7) is 3.73. The molecule has 20 heavy (non-hydrogen) atoms. The number of nitrogens with one attached hydrogen (secondary N) is 1. The highest BCUT2D eigenvalue weighted by molar-refractivity contribution is 6.33. The van der Waals surface area contributed by atoms with Gasteiger partial charge >= 0.3 is 5.97 Å². The number of aliphatic carboxylic acids is 1. The molecule has 2 N–H and O–H groups in total. The maximum absolute atomic E-state index is 11.9. The van der Waals surface area contributed by atoms with Gasteiger partial charge in [0.1, 0.15) is 0 Å². The molecule has 0 fully saturated rings. The Morgan fingerprint density at radius 2 is 2.00 bits per heavy atom. The lowest BCUT2D eigenvalue weighted by Crippen LogP contribution is -2.26. The number of carbonyl (C=O) groups is 2. The molecule has 0 unspecified atom stereocenters. The highest BCUT2D eigenvalue weighted by Crippen LogP contribution is 2.24. The number of para-hydroxylation sites is 1. The van der Waals surface area contributed by atoms with Crippen molar-refractivity contribution in [2.75, 3.05) is 5.32 Å². The number of halogens is 1. The standard InChI is InChI=1S/C15H20ClNO3/c1-3-6-11(15(19)20)10(2)9-14(18)17-13-8-5-4-7-12(13)16/h4-5,7-8,10-11H,3,6,9H2,1-2H3,(H,17,18)(H,19,20)/t10-,11-/m0/s1. The van der Waals surface area contributed by atoms with Gasteiger partial charge in [-0.3, -0.25) is 9.59 Å². The second-order valence-electron chi connectivity index (χ2n) is 4.94. The molecule has 2 atom stereocenters. The zero-order valence-corrected chi connectivity index (χ0v) is 12.5. The van der Waals surface area contributed by atoms with Crippen molar-refractivity contribution in [3.05, 3.63) is 29.3 Å². The van der Waals surface area contributed by atoms with Crippen LogP contribution in [0.3, 0.4) is 0 Å². The lowest BCUT2D eigenvalue weighted by Gasteiger charge is -2.19. The van der Waals surface area contributed by atoms with Gasteiger partial charge in [-0.2, -0.15) is 0 Å². The van der Waals surface area contributed by atoms with Crippen molar-refractivity contribution in [2.24, 2.45) is 11.8 Å². The van der Waals surface area contributed by atoms with E-state index in [4.69, 9.17) is 16.7 Å². The van der Waals surface area contributed by atoms with E-state index in [0.717, 1.165) is 6.42 Å². The van der Waals surface area contributed by atoms with Crippen LogP contribution in [0, 0.1) is 11.8 Å². The molecule has 0 spiro atoms. The van der Waals surface area contributed by atoms with E-state index in [-0.39, 0.29) is 18.2 Å². The Balaban J connectivity index is 2.61. The zero-order chi connectivity index (χ0) is 15.1. The maximum Gasteiger partial charge on any atom is 0.306 e. The lowest BCUT2D eigenvalue weighted by atomic mass is 9.87. The summed E-state index contributed by atoms with van der Waals surface area (Å²) in [4.78, 5) is 23.1. The van der Waals surface area contributed by atoms with Crippen molar-refractivity contribution in [1.82, 2.24) is 0 Å². The van der Waals surface area contributed by atoms with Gasteiger partial charge < -0.3 is 10.4 Å². The summed E-state index contributed by atoms with van der Waals surface area (Å²) >= 11 is 5.96. The van der Waals surface area contributed by atoms with Crippen molar-refractivity contribution in [2.45, 2.75) is 33.1 Å². The third-order valence-corrected chi connectivity index (χ3v) is 3.59. The molecule has 1 amide bonds. The molecule has 0 aliphatic carbocycles. The van der Waals surface area contributed by atoms with Crippen LogP contribution in [-0.2, 0) is 9.59 Å². The van der Waals surface area contributed by atoms with Crippen LogP contribution in [0.15, 0.2) is 24.3 Å². The van der Waals surface area contributed by atoms with Gasteiger partial charge in [0.2, 0.25) is 5.91 Å². The van der Waals surface area contributed by atoms with E-state index in [1.54, 1.807) is 31.2 Å². The van der Waals surface area contributed by atoms with Gasteiger partial charge in [0.25, 0.3) is 0 Å². The average Bonchev–Trinajstić information content (AvgIpc) is 2.38. The summed E-state index contributed by atoms with van der Waals surface area (Å²) < 4.78 is 0. The first-order valence-electron chi connectivity index (χ1n) is 6.72. The largest absolute Gasteiger partial charge is 0.481 e. The van der Waals surface area contributed by atoms with Gasteiger partial charge in [-0.25, -0.2) is 0 Å². The molecular formula is C15H20ClNO3. The van der Waals surface area contributed by atoms with Gasteiger partial charge in [0, 0.05) is 6.42 Å². The highest BCUT2D eigenvalue weighted by Gasteiger charge is 2.25. The van der Waals surface area contributed by atoms with Crippen molar-refractivity contribution >= 4 is 29.2 Å². The number of hydrogen-bond acceptors (Lipinski definition) is 2. The second kappa shape index (κ2) is 7.90. The number of carboxylic acid groups (broad SMARTS) is 1. The van der Waals surface area contributed by atoms with Crippen LogP contribution in [0.2, 0.25) is 5.02 Å². The van der Waals surface area contributed by atoms with Gasteiger partial charge in [0.15, 0.2) is 0 Å². The third-order valence-electron chi connectivity index (χ3n) is 3.26. The lowest BCUT2D eigenvalue weighted by molar-refractivity contribution is -0.144. The van der Waals surface area contributed by atoms with Crippen molar-refractivity contribution < 1.29 is 14.7 Å². The molecule has 0 saturated heterocycles. The molecule has 1 aromatic carbocycles. The minimum Gasteiger partial charge on any atom is -0.481 e. The van der Waals surface area contributed by atoms with E-state index in [9.17, 15) is 9.59 Å². The fourth-order valence-electron chi connectivity index (χ4n) is 2.16. The van der Waals surface area contributed by atoms with E-state index < -0.39 is 11.9 Å². The minimum atomic E-state index is -0.843. The van der Waals surface area contributed by atoms with Crippen LogP contribution in [0.1, 0.15) is 33.1 Å². The van der Waals surface area contributed by atoms with Gasteiger partial charge in [-0.15, -0.1) is 0 Å². The summed E-state index contributed by atoms with van der Waals surface area (Å²) in [5.41, 5.74) is 0.550. The quantitative estimate of drug-likeness (QED) is 0.804. The first-order valence-corrected chi connectivity index (χ1v) is 7.10. The summed E-state index contributed by atoms with van der Waals surface area (Å²) in [6, 6.07) is 6.97. The Hall–Kier alpha value is -1.55. The topological polar surface area (TPSA) is 66.4 Å². The molecule has 5 heteroatoms. The van der Waals surface area contributed by atoms with Gasteiger partial charge in [0.05, 0.1) is 16.6 Å². The molecule has 0 aromatic heterocycles. The minimum absolute atomic E-state index is 0.169. The Labute approximate surface area is 124 Å². The fourth-order valence-corrected chi connectivity index (χ4v) is 2.34. The number of carbonyl (C=O) groups excluding carboxylic acids is 1. The van der Waals surface area contributed by atoms with E-state index >= 15 is 0 Å². The Kier molecular flexibility index (Phi) is 6.52. The van der Waals surface area contributed by atoms with Gasteiger partial charge in [-0.05, 0) is 24.5 Å². The second-order valence-corrected chi connectivity index (χ2v) is 5.35. The molecule has 0 bridgehead atoms. The predicted octanol–water partition coefficient (Wildman–Crippen LogP) is 3.81. The number of carboxylic acids is 1. The van der Waals surface area contributed by atoms with Crippen molar-refractivity contribution in [3.8, 4) is 0 Å². The number of benzene rings is 1. The molecule has 0 heterocycles. The first-order chi connectivity index (χ1) is 9.45. The predicted molar refractivity (Wildman–Crippen MR) is 79.9 cm³/mol. The maximum atomic E-state index is 11.9. The van der Waals surface area contributed by atoms with Crippen LogP contribution in [-0.4, -0.2) is 17.0 Å². The monoisotopic (exact) mass is 297 g/mol. The molecule has 0 radical (unpaired) electrons. The van der Waals surface area contributed by atoms with Crippen LogP contribution >= 0.6 is 11.6 Å². The van der Waals surface area contributed by atoms with Crippen molar-refractivity contribution in [1.29, 1.82) is 0 Å². The molecule has 4 nitrogen and oxygen atoms in total. The Morgan fingerprint density at radius 1 is 1.35 bits per heavy atom. The third kappa shape index (κ3) is 4.85. The molecule has 0 aliphatic heterocycles. The summed E-state index contributed by atoms with van der Waals surface area (Å²) in [6.07, 6.45) is 1.53. The molecule has 1 rings (SSSR count). The van der Waals surface area contributed by atoms with Crippen molar-refractivity contribution in [3.63, 3.8) is 0 Å².